The highest BCUT2D eigenvalue weighted by Gasteiger charge is 2.23. The lowest BCUT2D eigenvalue weighted by Gasteiger charge is -2.17. The molecule has 1 aromatic heterocycles. The molecule has 0 atom stereocenters. The van der Waals surface area contributed by atoms with Crippen LogP contribution in [0.25, 0.3) is 0 Å². The van der Waals surface area contributed by atoms with Crippen LogP contribution in [0.1, 0.15) is 29.8 Å². The van der Waals surface area contributed by atoms with Gasteiger partial charge in [0, 0.05) is 30.6 Å². The summed E-state index contributed by atoms with van der Waals surface area (Å²) in [6.07, 6.45) is 3.28. The second kappa shape index (κ2) is 5.61. The van der Waals surface area contributed by atoms with Gasteiger partial charge in [0.25, 0.3) is 0 Å². The van der Waals surface area contributed by atoms with Gasteiger partial charge in [0.05, 0.1) is 17.2 Å². The van der Waals surface area contributed by atoms with Crippen molar-refractivity contribution in [3.05, 3.63) is 10.6 Å². The minimum Gasteiger partial charge on any atom is -0.347 e. The highest BCUT2D eigenvalue weighted by Crippen LogP contribution is 2.28. The molecule has 1 N–H and O–H groups in total. The summed E-state index contributed by atoms with van der Waals surface area (Å²) in [6.45, 7) is 4.30. The Hall–Kier alpha value is -0.660. The average molecular weight is 315 g/mol. The molecule has 0 spiro atoms. The van der Waals surface area contributed by atoms with Gasteiger partial charge >= 0.3 is 0 Å². The van der Waals surface area contributed by atoms with Crippen LogP contribution in [-0.4, -0.2) is 44.0 Å². The van der Waals surface area contributed by atoms with E-state index in [4.69, 9.17) is 0 Å². The second-order valence-electron chi connectivity index (χ2n) is 5.65. The lowest BCUT2D eigenvalue weighted by Crippen LogP contribution is -2.26. The van der Waals surface area contributed by atoms with Crippen LogP contribution in [-0.2, 0) is 16.4 Å². The SMILES string of the molecule is Cc1nc(N2CCCS(=O)(=O)CC2)sc1CNC1CC1. The van der Waals surface area contributed by atoms with E-state index in [9.17, 15) is 8.42 Å². The zero-order valence-electron chi connectivity index (χ0n) is 11.8. The van der Waals surface area contributed by atoms with E-state index >= 15 is 0 Å². The molecule has 3 rings (SSSR count). The van der Waals surface area contributed by atoms with Crippen LogP contribution in [0.4, 0.5) is 5.13 Å². The Morgan fingerprint density at radius 2 is 2.15 bits per heavy atom. The Morgan fingerprint density at radius 1 is 1.35 bits per heavy atom. The summed E-state index contributed by atoms with van der Waals surface area (Å²) in [5.41, 5.74) is 1.07. The lowest BCUT2D eigenvalue weighted by atomic mass is 10.4. The van der Waals surface area contributed by atoms with Gasteiger partial charge in [-0.3, -0.25) is 0 Å². The number of aryl methyl sites for hydroxylation is 1. The largest absolute Gasteiger partial charge is 0.347 e. The molecule has 1 aromatic rings. The van der Waals surface area contributed by atoms with Crippen molar-refractivity contribution < 1.29 is 8.42 Å². The summed E-state index contributed by atoms with van der Waals surface area (Å²) >= 11 is 1.70. The topological polar surface area (TPSA) is 62.3 Å². The molecule has 1 aliphatic heterocycles. The molecule has 2 aliphatic rings. The Bertz CT molecular complexity index is 578. The van der Waals surface area contributed by atoms with E-state index in [0.717, 1.165) is 23.9 Å². The summed E-state index contributed by atoms with van der Waals surface area (Å²) in [5.74, 6) is 0.561. The first-order valence-electron chi connectivity index (χ1n) is 7.18. The third kappa shape index (κ3) is 3.51. The first-order chi connectivity index (χ1) is 9.53. The maximum Gasteiger partial charge on any atom is 0.185 e. The minimum absolute atomic E-state index is 0.251. The number of anilines is 1. The molecule has 0 radical (unpaired) electrons. The number of nitrogens with zero attached hydrogens (tertiary/aromatic N) is 2. The van der Waals surface area contributed by atoms with Gasteiger partial charge in [0.2, 0.25) is 0 Å². The number of sulfone groups is 1. The van der Waals surface area contributed by atoms with Crippen molar-refractivity contribution in [2.24, 2.45) is 0 Å². The smallest absolute Gasteiger partial charge is 0.185 e. The van der Waals surface area contributed by atoms with Crippen molar-refractivity contribution in [2.45, 2.75) is 38.8 Å². The number of aromatic nitrogens is 1. The van der Waals surface area contributed by atoms with Crippen LogP contribution >= 0.6 is 11.3 Å². The molecular weight excluding hydrogens is 294 g/mol. The molecule has 0 bridgehead atoms. The first kappa shape index (κ1) is 14.3. The molecule has 1 saturated heterocycles. The van der Waals surface area contributed by atoms with Crippen molar-refractivity contribution >= 4 is 26.3 Å². The normalized spacial score (nSPS) is 22.8. The van der Waals surface area contributed by atoms with Gasteiger partial charge in [-0.2, -0.15) is 0 Å². The van der Waals surface area contributed by atoms with Gasteiger partial charge in [0.1, 0.15) is 0 Å². The van der Waals surface area contributed by atoms with Gasteiger partial charge in [-0.15, -0.1) is 11.3 Å². The molecule has 7 heteroatoms. The molecule has 20 heavy (non-hydrogen) atoms. The fourth-order valence-corrected chi connectivity index (χ4v) is 4.70. The van der Waals surface area contributed by atoms with Gasteiger partial charge < -0.3 is 10.2 Å². The van der Waals surface area contributed by atoms with Crippen LogP contribution in [0, 0.1) is 6.92 Å². The van der Waals surface area contributed by atoms with E-state index in [1.165, 1.54) is 17.7 Å². The second-order valence-corrected chi connectivity index (χ2v) is 9.02. The van der Waals surface area contributed by atoms with E-state index in [-0.39, 0.29) is 5.75 Å². The zero-order chi connectivity index (χ0) is 14.2. The quantitative estimate of drug-likeness (QED) is 0.908. The van der Waals surface area contributed by atoms with Crippen molar-refractivity contribution in [2.75, 3.05) is 29.5 Å². The number of thiazole rings is 1. The molecule has 5 nitrogen and oxygen atoms in total. The lowest BCUT2D eigenvalue weighted by molar-refractivity contribution is 0.597. The predicted octanol–water partition coefficient (Wildman–Crippen LogP) is 1.33. The Morgan fingerprint density at radius 3 is 2.90 bits per heavy atom. The van der Waals surface area contributed by atoms with Gasteiger partial charge in [0.15, 0.2) is 15.0 Å². The minimum atomic E-state index is -2.85. The van der Waals surface area contributed by atoms with Crippen molar-refractivity contribution in [1.82, 2.24) is 10.3 Å². The van der Waals surface area contributed by atoms with Gasteiger partial charge in [-0.25, -0.2) is 13.4 Å². The van der Waals surface area contributed by atoms with Gasteiger partial charge in [-0.1, -0.05) is 0 Å². The molecule has 2 heterocycles. The number of hydrogen-bond acceptors (Lipinski definition) is 6. The third-order valence-corrected chi connectivity index (χ3v) is 6.77. The summed E-state index contributed by atoms with van der Waals surface area (Å²) in [5, 5.41) is 4.49. The summed E-state index contributed by atoms with van der Waals surface area (Å²) in [4.78, 5) is 8.04. The Kier molecular flexibility index (Phi) is 4.01. The molecule has 1 aliphatic carbocycles. The summed E-state index contributed by atoms with van der Waals surface area (Å²) < 4.78 is 23.3. The maximum absolute atomic E-state index is 11.7. The predicted molar refractivity (Wildman–Crippen MR) is 82.2 cm³/mol. The molecular formula is C13H21N3O2S2. The molecule has 112 valence electrons. The first-order valence-corrected chi connectivity index (χ1v) is 9.82. The Balaban J connectivity index is 1.68. The van der Waals surface area contributed by atoms with E-state index < -0.39 is 9.84 Å². The average Bonchev–Trinajstić information content (AvgIpc) is 3.16. The van der Waals surface area contributed by atoms with Crippen LogP contribution in [0.15, 0.2) is 0 Å². The van der Waals surface area contributed by atoms with E-state index in [1.54, 1.807) is 11.3 Å². The molecule has 0 unspecified atom stereocenters. The van der Waals surface area contributed by atoms with Gasteiger partial charge in [-0.05, 0) is 26.2 Å². The standard InChI is InChI=1S/C13H21N3O2S2/c1-10-12(9-14-11-3-4-11)19-13(15-10)16-5-2-7-20(17,18)8-6-16/h11,14H,2-9H2,1H3. The zero-order valence-corrected chi connectivity index (χ0v) is 13.4. The van der Waals surface area contributed by atoms with Crippen LogP contribution < -0.4 is 10.2 Å². The van der Waals surface area contributed by atoms with Crippen LogP contribution in [0.5, 0.6) is 0 Å². The number of rotatable bonds is 4. The fraction of sp³-hybridized carbons (Fsp3) is 0.769. The number of nitrogens with one attached hydrogen (secondary N) is 1. The summed E-state index contributed by atoms with van der Waals surface area (Å²) in [6, 6.07) is 0.697. The van der Waals surface area contributed by atoms with Crippen molar-refractivity contribution in [3.8, 4) is 0 Å². The molecule has 0 amide bonds. The highest BCUT2D eigenvalue weighted by molar-refractivity contribution is 7.91. The van der Waals surface area contributed by atoms with Crippen molar-refractivity contribution in [1.29, 1.82) is 0 Å². The monoisotopic (exact) mass is 315 g/mol. The Labute approximate surface area is 124 Å². The maximum atomic E-state index is 11.7. The summed E-state index contributed by atoms with van der Waals surface area (Å²) in [7, 11) is -2.85. The van der Waals surface area contributed by atoms with E-state index in [2.05, 4.69) is 15.2 Å². The highest BCUT2D eigenvalue weighted by atomic mass is 32.2. The van der Waals surface area contributed by atoms with Crippen LogP contribution in [0.3, 0.4) is 0 Å². The van der Waals surface area contributed by atoms with Crippen LogP contribution in [0.2, 0.25) is 0 Å². The third-order valence-electron chi connectivity index (χ3n) is 3.84. The van der Waals surface area contributed by atoms with E-state index in [0.29, 0.717) is 24.8 Å². The molecule has 0 aromatic carbocycles. The molecule has 1 saturated carbocycles. The molecule has 2 fully saturated rings. The van der Waals surface area contributed by atoms with Crippen molar-refractivity contribution in [3.63, 3.8) is 0 Å². The number of hydrogen-bond donors (Lipinski definition) is 1. The fourth-order valence-electron chi connectivity index (χ4n) is 2.37. The van der Waals surface area contributed by atoms with E-state index in [1.807, 2.05) is 6.92 Å².